The summed E-state index contributed by atoms with van der Waals surface area (Å²) in [5, 5.41) is 0. The van der Waals surface area contributed by atoms with Crippen molar-refractivity contribution in [3.8, 4) is 0 Å². The first-order valence-corrected chi connectivity index (χ1v) is 9.80. The van der Waals surface area contributed by atoms with Gasteiger partial charge >= 0.3 is 0 Å². The molecule has 1 aromatic carbocycles. The molecule has 2 N–H and O–H groups in total. The Labute approximate surface area is 165 Å². The smallest absolute Gasteiger partial charge is 0.242 e. The molecule has 150 valence electrons. The number of hydrogen-bond donors (Lipinski definition) is 1. The molecular weight excluding hydrogens is 348 g/mol. The summed E-state index contributed by atoms with van der Waals surface area (Å²) in [6.45, 7) is 8.32. The number of benzene rings is 1. The van der Waals surface area contributed by atoms with Crippen LogP contribution in [0.25, 0.3) is 0 Å². The fraction of sp³-hybridized carbons (Fsp3) is 0.667. The number of ether oxygens (including phenoxy) is 1. The van der Waals surface area contributed by atoms with Crippen molar-refractivity contribution in [3.63, 3.8) is 0 Å². The highest BCUT2D eigenvalue weighted by molar-refractivity contribution is 5.85. The summed E-state index contributed by atoms with van der Waals surface area (Å²) in [5.41, 5.74) is 7.31. The summed E-state index contributed by atoms with van der Waals surface area (Å²) in [5.74, 6) is 0.0211. The number of nitrogens with two attached hydrogens (primary N) is 1. The van der Waals surface area contributed by atoms with Gasteiger partial charge in [-0.25, -0.2) is 0 Å². The number of amides is 1. The summed E-state index contributed by atoms with van der Waals surface area (Å²) in [4.78, 5) is 14.7. The zero-order valence-corrected chi connectivity index (χ0v) is 17.5. The zero-order valence-electron chi connectivity index (χ0n) is 16.7. The van der Waals surface area contributed by atoms with Crippen LogP contribution in [0.5, 0.6) is 0 Å². The molecule has 0 heterocycles. The molecule has 0 saturated carbocycles. The Hall–Kier alpha value is -1.10. The van der Waals surface area contributed by atoms with E-state index < -0.39 is 6.04 Å². The Bertz CT molecular complexity index is 460. The van der Waals surface area contributed by atoms with E-state index in [-0.39, 0.29) is 24.4 Å². The number of carbonyl (C=O) groups is 1. The van der Waals surface area contributed by atoms with Crippen molar-refractivity contribution in [2.75, 3.05) is 13.1 Å². The van der Waals surface area contributed by atoms with Gasteiger partial charge in [-0.2, -0.15) is 0 Å². The molecule has 0 aliphatic rings. The average Bonchev–Trinajstić information content (AvgIpc) is 2.64. The predicted octanol–water partition coefficient (Wildman–Crippen LogP) is 4.55. The van der Waals surface area contributed by atoms with Crippen molar-refractivity contribution in [1.82, 2.24) is 4.90 Å². The molecule has 1 amide bonds. The molecule has 1 aromatic rings. The van der Waals surface area contributed by atoms with Crippen LogP contribution in [0.3, 0.4) is 0 Å². The third-order valence-electron chi connectivity index (χ3n) is 4.52. The van der Waals surface area contributed by atoms with Crippen LogP contribution in [0.4, 0.5) is 0 Å². The number of unbranched alkanes of at least 4 members (excludes halogenated alkanes) is 4. The molecule has 26 heavy (non-hydrogen) atoms. The monoisotopic (exact) mass is 384 g/mol. The van der Waals surface area contributed by atoms with E-state index in [9.17, 15) is 4.79 Å². The molecule has 0 unspecified atom stereocenters. The SMILES string of the molecule is CCCCCN(CCCCC)C(=O)[C@H](N)[C@H](C)OCc1ccccc1.Cl. The fourth-order valence-electron chi connectivity index (χ4n) is 2.75. The standard InChI is InChI=1S/C21H36N2O2.ClH/c1-4-6-11-15-23(16-12-7-5-2)21(24)20(22)18(3)25-17-19-13-9-8-10-14-19;/h8-10,13-14,18,20H,4-7,11-12,15-17,22H2,1-3H3;1H/t18-,20+;/m0./s1. The molecule has 0 fully saturated rings. The summed E-state index contributed by atoms with van der Waals surface area (Å²) >= 11 is 0. The largest absolute Gasteiger partial charge is 0.372 e. The quantitative estimate of drug-likeness (QED) is 0.507. The number of nitrogens with zero attached hydrogens (tertiary/aromatic N) is 1. The highest BCUT2D eigenvalue weighted by atomic mass is 35.5. The second kappa shape index (κ2) is 15.0. The van der Waals surface area contributed by atoms with Crippen LogP contribution < -0.4 is 5.73 Å². The predicted molar refractivity (Wildman–Crippen MR) is 112 cm³/mol. The van der Waals surface area contributed by atoms with Gasteiger partial charge in [0.1, 0.15) is 6.04 Å². The number of halogens is 1. The molecule has 0 spiro atoms. The number of carbonyl (C=O) groups excluding carboxylic acids is 1. The van der Waals surface area contributed by atoms with Gasteiger partial charge in [0, 0.05) is 13.1 Å². The first-order valence-electron chi connectivity index (χ1n) is 9.80. The molecule has 4 nitrogen and oxygen atoms in total. The topological polar surface area (TPSA) is 55.6 Å². The minimum atomic E-state index is -0.605. The summed E-state index contributed by atoms with van der Waals surface area (Å²) < 4.78 is 5.84. The summed E-state index contributed by atoms with van der Waals surface area (Å²) in [6, 6.07) is 9.37. The van der Waals surface area contributed by atoms with Crippen molar-refractivity contribution in [1.29, 1.82) is 0 Å². The van der Waals surface area contributed by atoms with Gasteiger partial charge in [0.15, 0.2) is 0 Å². The van der Waals surface area contributed by atoms with E-state index in [0.29, 0.717) is 6.61 Å². The molecule has 0 saturated heterocycles. The Morgan fingerprint density at radius 1 is 1.04 bits per heavy atom. The van der Waals surface area contributed by atoms with E-state index in [1.165, 1.54) is 0 Å². The van der Waals surface area contributed by atoms with E-state index >= 15 is 0 Å². The third kappa shape index (κ3) is 9.56. The van der Waals surface area contributed by atoms with Gasteiger partial charge in [-0.15, -0.1) is 12.4 Å². The van der Waals surface area contributed by atoms with E-state index in [0.717, 1.165) is 57.2 Å². The van der Waals surface area contributed by atoms with Crippen molar-refractivity contribution in [2.24, 2.45) is 5.73 Å². The van der Waals surface area contributed by atoms with Gasteiger partial charge in [-0.05, 0) is 25.3 Å². The van der Waals surface area contributed by atoms with Crippen molar-refractivity contribution < 1.29 is 9.53 Å². The summed E-state index contributed by atoms with van der Waals surface area (Å²) in [6.07, 6.45) is 6.38. The Kier molecular flexibility index (Phi) is 14.4. The summed E-state index contributed by atoms with van der Waals surface area (Å²) in [7, 11) is 0. The van der Waals surface area contributed by atoms with Crippen molar-refractivity contribution >= 4 is 18.3 Å². The fourth-order valence-corrected chi connectivity index (χ4v) is 2.75. The first-order chi connectivity index (χ1) is 12.1. The molecular formula is C21H37ClN2O2. The highest BCUT2D eigenvalue weighted by Gasteiger charge is 2.26. The molecule has 5 heteroatoms. The van der Waals surface area contributed by atoms with Crippen LogP contribution >= 0.6 is 12.4 Å². The minimum Gasteiger partial charge on any atom is -0.372 e. The molecule has 0 radical (unpaired) electrons. The molecule has 0 aliphatic carbocycles. The van der Waals surface area contributed by atoms with Gasteiger partial charge in [0.05, 0.1) is 12.7 Å². The lowest BCUT2D eigenvalue weighted by Gasteiger charge is -2.28. The van der Waals surface area contributed by atoms with Crippen molar-refractivity contribution in [2.45, 2.75) is 78.0 Å². The maximum atomic E-state index is 12.8. The van der Waals surface area contributed by atoms with E-state index in [1.54, 1.807) is 0 Å². The Morgan fingerprint density at radius 3 is 2.08 bits per heavy atom. The Morgan fingerprint density at radius 2 is 1.58 bits per heavy atom. The third-order valence-corrected chi connectivity index (χ3v) is 4.52. The Balaban J connectivity index is 0.00000625. The van der Waals surface area contributed by atoms with Crippen LogP contribution in [-0.2, 0) is 16.1 Å². The van der Waals surface area contributed by atoms with Gasteiger partial charge in [-0.3, -0.25) is 4.79 Å². The highest BCUT2D eigenvalue weighted by Crippen LogP contribution is 2.10. The molecule has 0 bridgehead atoms. The first kappa shape index (κ1) is 24.9. The van der Waals surface area contributed by atoms with Crippen LogP contribution in [0.2, 0.25) is 0 Å². The van der Waals surface area contributed by atoms with Crippen molar-refractivity contribution in [3.05, 3.63) is 35.9 Å². The molecule has 0 aliphatic heterocycles. The lowest BCUT2D eigenvalue weighted by atomic mass is 10.1. The van der Waals surface area contributed by atoms with Crippen LogP contribution in [-0.4, -0.2) is 36.0 Å². The molecule has 1 rings (SSSR count). The average molecular weight is 385 g/mol. The molecule has 2 atom stereocenters. The van der Waals surface area contributed by atoms with E-state index in [1.807, 2.05) is 42.2 Å². The van der Waals surface area contributed by atoms with Gasteiger partial charge in [0.25, 0.3) is 0 Å². The van der Waals surface area contributed by atoms with Gasteiger partial charge in [-0.1, -0.05) is 69.9 Å². The lowest BCUT2D eigenvalue weighted by Crippen LogP contribution is -2.50. The lowest BCUT2D eigenvalue weighted by molar-refractivity contribution is -0.136. The second-order valence-electron chi connectivity index (χ2n) is 6.77. The maximum absolute atomic E-state index is 12.8. The maximum Gasteiger partial charge on any atom is 0.242 e. The zero-order chi connectivity index (χ0) is 18.5. The minimum absolute atomic E-state index is 0. The van der Waals surface area contributed by atoms with Gasteiger partial charge < -0.3 is 15.4 Å². The van der Waals surface area contributed by atoms with Crippen LogP contribution in [0, 0.1) is 0 Å². The van der Waals surface area contributed by atoms with Crippen LogP contribution in [0.15, 0.2) is 30.3 Å². The second-order valence-corrected chi connectivity index (χ2v) is 6.77. The number of hydrogen-bond acceptors (Lipinski definition) is 3. The van der Waals surface area contributed by atoms with E-state index in [2.05, 4.69) is 13.8 Å². The van der Waals surface area contributed by atoms with E-state index in [4.69, 9.17) is 10.5 Å². The molecule has 0 aromatic heterocycles. The van der Waals surface area contributed by atoms with Gasteiger partial charge in [0.2, 0.25) is 5.91 Å². The van der Waals surface area contributed by atoms with Crippen LogP contribution in [0.1, 0.15) is 64.9 Å². The normalized spacial score (nSPS) is 12.9. The number of rotatable bonds is 13.